The molecule has 5 N–H and O–H groups in total. The lowest BCUT2D eigenvalue weighted by Gasteiger charge is -2.27. The van der Waals surface area contributed by atoms with Crippen molar-refractivity contribution in [2.75, 3.05) is 6.61 Å². The molecule has 52 heavy (non-hydrogen) atoms. The normalized spacial score (nSPS) is 14.3. The Morgan fingerprint density at radius 1 is 0.462 bits per heavy atom. The number of carbonyl (C=O) groups is 1. The zero-order valence-electron chi connectivity index (χ0n) is 34.6. The summed E-state index contributed by atoms with van der Waals surface area (Å²) in [5.74, 6) is -0.596. The number of allylic oxidation sites excluding steroid dienone is 4. The average Bonchev–Trinajstić information content (AvgIpc) is 3.15. The highest BCUT2D eigenvalue weighted by Gasteiger charge is 2.28. The van der Waals surface area contributed by atoms with Crippen molar-refractivity contribution in [3.63, 3.8) is 0 Å². The van der Waals surface area contributed by atoms with Crippen LogP contribution in [0.4, 0.5) is 0 Å². The largest absolute Gasteiger partial charge is 0.394 e. The number of nitrogens with one attached hydrogen (secondary N) is 1. The number of hydrogen-bond acceptors (Lipinski definition) is 5. The molecule has 4 unspecified atom stereocenters. The lowest BCUT2D eigenvalue weighted by atomic mass is 10.00. The molecule has 0 spiro atoms. The molecule has 6 heteroatoms. The molecule has 0 aliphatic carbocycles. The predicted molar refractivity (Wildman–Crippen MR) is 224 cm³/mol. The monoisotopic (exact) mass is 736 g/mol. The zero-order valence-corrected chi connectivity index (χ0v) is 34.6. The van der Waals surface area contributed by atoms with Crippen molar-refractivity contribution < 1.29 is 25.2 Å². The molecular weight excluding hydrogens is 647 g/mol. The molecule has 0 aliphatic rings. The smallest absolute Gasteiger partial charge is 0.249 e. The Balaban J connectivity index is 3.64. The third-order valence-electron chi connectivity index (χ3n) is 10.6. The molecule has 1 amide bonds. The number of unbranched alkanes of at least 4 members (excludes halogenated alkanes) is 28. The number of amides is 1. The second-order valence-corrected chi connectivity index (χ2v) is 15.7. The van der Waals surface area contributed by atoms with Gasteiger partial charge in [-0.15, -0.1) is 0 Å². The lowest BCUT2D eigenvalue weighted by molar-refractivity contribution is -0.132. The Bertz CT molecular complexity index is 787. The first-order chi connectivity index (χ1) is 25.5. The first-order valence-corrected chi connectivity index (χ1v) is 22.7. The van der Waals surface area contributed by atoms with Gasteiger partial charge in [-0.1, -0.05) is 212 Å². The molecular formula is C46H89NO5. The van der Waals surface area contributed by atoms with Crippen LogP contribution in [0.1, 0.15) is 232 Å². The summed E-state index contributed by atoms with van der Waals surface area (Å²) in [5, 5.41) is 43.5. The number of aliphatic hydroxyl groups excluding tert-OH is 4. The predicted octanol–water partition coefficient (Wildman–Crippen LogP) is 12.0. The summed E-state index contributed by atoms with van der Waals surface area (Å²) >= 11 is 0. The van der Waals surface area contributed by atoms with Crippen LogP contribution in [0.2, 0.25) is 0 Å². The van der Waals surface area contributed by atoms with E-state index in [2.05, 4.69) is 43.5 Å². The fraction of sp³-hybridized carbons (Fsp3) is 0.891. The van der Waals surface area contributed by atoms with E-state index in [1.54, 1.807) is 0 Å². The fourth-order valence-electron chi connectivity index (χ4n) is 7.00. The van der Waals surface area contributed by atoms with Gasteiger partial charge in [0.2, 0.25) is 5.91 Å². The molecule has 0 radical (unpaired) electrons. The number of aliphatic hydroxyl groups is 4. The van der Waals surface area contributed by atoms with E-state index >= 15 is 0 Å². The van der Waals surface area contributed by atoms with Gasteiger partial charge in [-0.05, 0) is 44.9 Å². The Labute approximate surface area is 323 Å². The average molecular weight is 736 g/mol. The van der Waals surface area contributed by atoms with Crippen molar-refractivity contribution in [2.24, 2.45) is 0 Å². The van der Waals surface area contributed by atoms with E-state index < -0.39 is 36.9 Å². The van der Waals surface area contributed by atoms with Gasteiger partial charge < -0.3 is 25.7 Å². The van der Waals surface area contributed by atoms with Crippen molar-refractivity contribution in [1.29, 1.82) is 0 Å². The second kappa shape index (κ2) is 41.0. The SMILES string of the molecule is CCCC/C=C/CC/C=C/CCCC(O)C(O)C(CO)NC(=O)C(O)CCCCCCCCCCCCCCCCCCCCCCCCCCC. The maximum atomic E-state index is 12.5. The van der Waals surface area contributed by atoms with Crippen LogP contribution in [0, 0.1) is 0 Å². The van der Waals surface area contributed by atoms with Crippen LogP contribution >= 0.6 is 0 Å². The lowest BCUT2D eigenvalue weighted by Crippen LogP contribution is -2.53. The Hall–Kier alpha value is -1.21. The first kappa shape index (κ1) is 50.8. The highest BCUT2D eigenvalue weighted by atomic mass is 16.3. The summed E-state index contributed by atoms with van der Waals surface area (Å²) in [5.41, 5.74) is 0. The molecule has 0 fully saturated rings. The summed E-state index contributed by atoms with van der Waals surface area (Å²) in [6.45, 7) is 3.99. The molecule has 0 heterocycles. The molecule has 0 aliphatic heterocycles. The fourth-order valence-corrected chi connectivity index (χ4v) is 7.00. The van der Waals surface area contributed by atoms with Crippen LogP contribution < -0.4 is 5.32 Å². The number of rotatable bonds is 41. The zero-order chi connectivity index (χ0) is 38.2. The second-order valence-electron chi connectivity index (χ2n) is 15.7. The highest BCUT2D eigenvalue weighted by molar-refractivity contribution is 5.80. The van der Waals surface area contributed by atoms with Gasteiger partial charge >= 0.3 is 0 Å². The van der Waals surface area contributed by atoms with Crippen LogP contribution in [0.5, 0.6) is 0 Å². The topological polar surface area (TPSA) is 110 Å². The highest BCUT2D eigenvalue weighted by Crippen LogP contribution is 2.17. The summed E-state index contributed by atoms with van der Waals surface area (Å²) < 4.78 is 0. The Morgan fingerprint density at radius 3 is 1.19 bits per heavy atom. The van der Waals surface area contributed by atoms with Crippen LogP contribution in [-0.4, -0.2) is 57.3 Å². The molecule has 0 saturated heterocycles. The van der Waals surface area contributed by atoms with E-state index in [4.69, 9.17) is 0 Å². The van der Waals surface area contributed by atoms with Crippen molar-refractivity contribution in [2.45, 2.75) is 257 Å². The van der Waals surface area contributed by atoms with Crippen molar-refractivity contribution in [3.8, 4) is 0 Å². The maximum Gasteiger partial charge on any atom is 0.249 e. The number of hydrogen-bond donors (Lipinski definition) is 5. The standard InChI is InChI=1S/C46H89NO5/c1-3-5-7-9-11-13-15-16-17-18-19-20-21-22-23-24-25-26-27-28-30-32-34-36-38-40-44(50)46(52)47-42(41-48)45(51)43(49)39-37-35-33-31-29-14-12-10-8-6-4-2/h10,12,31,33,42-45,48-51H,3-9,11,13-30,32,34-41H2,1-2H3,(H,47,52)/b12-10+,33-31+. The maximum absolute atomic E-state index is 12.5. The van der Waals surface area contributed by atoms with E-state index in [9.17, 15) is 25.2 Å². The minimum absolute atomic E-state index is 0.364. The van der Waals surface area contributed by atoms with Crippen LogP contribution in [0.25, 0.3) is 0 Å². The third kappa shape index (κ3) is 34.6. The van der Waals surface area contributed by atoms with Gasteiger partial charge in [0, 0.05) is 0 Å². The molecule has 0 aromatic rings. The summed E-state index contributed by atoms with van der Waals surface area (Å²) in [6.07, 6.45) is 46.6. The van der Waals surface area contributed by atoms with E-state index in [0.717, 1.165) is 44.9 Å². The van der Waals surface area contributed by atoms with Crippen LogP contribution in [0.3, 0.4) is 0 Å². The summed E-state index contributed by atoms with van der Waals surface area (Å²) in [6, 6.07) is -1.00. The van der Waals surface area contributed by atoms with Crippen molar-refractivity contribution >= 4 is 5.91 Å². The van der Waals surface area contributed by atoms with E-state index in [-0.39, 0.29) is 0 Å². The van der Waals surface area contributed by atoms with Gasteiger partial charge in [0.1, 0.15) is 12.2 Å². The van der Waals surface area contributed by atoms with E-state index in [1.807, 2.05) is 0 Å². The third-order valence-corrected chi connectivity index (χ3v) is 10.6. The molecule has 0 bridgehead atoms. The Morgan fingerprint density at radius 2 is 0.808 bits per heavy atom. The molecule has 0 rings (SSSR count). The van der Waals surface area contributed by atoms with Gasteiger partial charge in [0.25, 0.3) is 0 Å². The van der Waals surface area contributed by atoms with Gasteiger partial charge in [-0.3, -0.25) is 4.79 Å². The molecule has 6 nitrogen and oxygen atoms in total. The minimum atomic E-state index is -1.28. The van der Waals surface area contributed by atoms with Gasteiger partial charge in [0.05, 0.1) is 18.8 Å². The molecule has 0 aromatic carbocycles. The van der Waals surface area contributed by atoms with Gasteiger partial charge in [-0.25, -0.2) is 0 Å². The van der Waals surface area contributed by atoms with Crippen LogP contribution in [0.15, 0.2) is 24.3 Å². The molecule has 308 valence electrons. The van der Waals surface area contributed by atoms with Gasteiger partial charge in [0.15, 0.2) is 0 Å². The van der Waals surface area contributed by atoms with Crippen LogP contribution in [-0.2, 0) is 4.79 Å². The van der Waals surface area contributed by atoms with Crippen molar-refractivity contribution in [1.82, 2.24) is 5.32 Å². The molecule has 0 saturated carbocycles. The van der Waals surface area contributed by atoms with E-state index in [1.165, 1.54) is 154 Å². The van der Waals surface area contributed by atoms with E-state index in [0.29, 0.717) is 19.3 Å². The summed E-state index contributed by atoms with van der Waals surface area (Å²) in [7, 11) is 0. The first-order valence-electron chi connectivity index (χ1n) is 22.7. The molecule has 4 atom stereocenters. The molecule has 0 aromatic heterocycles. The number of carbonyl (C=O) groups excluding carboxylic acids is 1. The summed E-state index contributed by atoms with van der Waals surface area (Å²) in [4.78, 5) is 12.5. The minimum Gasteiger partial charge on any atom is -0.394 e. The quantitative estimate of drug-likeness (QED) is 0.0317. The Kier molecular flexibility index (Phi) is 40.0. The van der Waals surface area contributed by atoms with Gasteiger partial charge in [-0.2, -0.15) is 0 Å². The van der Waals surface area contributed by atoms with Crippen molar-refractivity contribution in [3.05, 3.63) is 24.3 Å².